The number of nitrogens with zero attached hydrogens (tertiary/aromatic N) is 3. The molecule has 0 fully saturated rings. The first kappa shape index (κ1) is 13.3. The second kappa shape index (κ2) is 5.73. The van der Waals surface area contributed by atoms with Crippen molar-refractivity contribution >= 4 is 26.7 Å². The maximum Gasteiger partial charge on any atom is 0.0969 e. The van der Waals surface area contributed by atoms with Gasteiger partial charge in [-0.2, -0.15) is 0 Å². The van der Waals surface area contributed by atoms with Gasteiger partial charge in [0.15, 0.2) is 0 Å². The summed E-state index contributed by atoms with van der Waals surface area (Å²) >= 11 is 3.59. The maximum atomic E-state index is 4.23. The van der Waals surface area contributed by atoms with E-state index in [1.807, 2.05) is 29.1 Å². The van der Waals surface area contributed by atoms with Crippen LogP contribution in [0, 0.1) is 0 Å². The van der Waals surface area contributed by atoms with Crippen molar-refractivity contribution in [2.45, 2.75) is 13.5 Å². The van der Waals surface area contributed by atoms with Gasteiger partial charge >= 0.3 is 0 Å². The molecule has 0 bridgehead atoms. The standard InChI is InChI=1S/C15H15BrN4/c1-2-17-9-11-10-20(19-18-11)15-8-7-14(16)12-5-3-4-6-13(12)15/h3-8,10,17H,2,9H2,1H3. The van der Waals surface area contributed by atoms with Gasteiger partial charge in [0.1, 0.15) is 0 Å². The molecule has 0 amide bonds. The number of rotatable bonds is 4. The van der Waals surface area contributed by atoms with E-state index in [2.05, 4.69) is 56.7 Å². The fourth-order valence-electron chi connectivity index (χ4n) is 2.20. The van der Waals surface area contributed by atoms with E-state index < -0.39 is 0 Å². The van der Waals surface area contributed by atoms with E-state index in [1.165, 1.54) is 5.39 Å². The highest BCUT2D eigenvalue weighted by molar-refractivity contribution is 9.10. The van der Waals surface area contributed by atoms with Crippen molar-refractivity contribution in [2.75, 3.05) is 6.54 Å². The zero-order chi connectivity index (χ0) is 13.9. The predicted octanol–water partition coefficient (Wildman–Crippen LogP) is 3.29. The zero-order valence-corrected chi connectivity index (χ0v) is 12.8. The minimum absolute atomic E-state index is 0.741. The molecule has 0 atom stereocenters. The molecule has 4 nitrogen and oxygen atoms in total. The molecule has 0 aliphatic rings. The lowest BCUT2D eigenvalue weighted by atomic mass is 10.1. The second-order valence-corrected chi connectivity index (χ2v) is 5.40. The van der Waals surface area contributed by atoms with Gasteiger partial charge in [0.25, 0.3) is 0 Å². The molecule has 0 spiro atoms. The number of hydrogen-bond donors (Lipinski definition) is 1. The third-order valence-corrected chi connectivity index (χ3v) is 3.88. The summed E-state index contributed by atoms with van der Waals surface area (Å²) in [5.41, 5.74) is 1.98. The van der Waals surface area contributed by atoms with E-state index in [0.29, 0.717) is 0 Å². The van der Waals surface area contributed by atoms with Crippen LogP contribution < -0.4 is 5.32 Å². The molecule has 3 aromatic rings. The zero-order valence-electron chi connectivity index (χ0n) is 11.2. The summed E-state index contributed by atoms with van der Waals surface area (Å²) in [6.45, 7) is 3.74. The fraction of sp³-hybridized carbons (Fsp3) is 0.200. The summed E-state index contributed by atoms with van der Waals surface area (Å²) in [4.78, 5) is 0. The monoisotopic (exact) mass is 330 g/mol. The maximum absolute atomic E-state index is 4.23. The van der Waals surface area contributed by atoms with Crippen molar-refractivity contribution in [1.29, 1.82) is 0 Å². The molecular weight excluding hydrogens is 316 g/mol. The van der Waals surface area contributed by atoms with Crippen LogP contribution in [0.1, 0.15) is 12.6 Å². The SMILES string of the molecule is CCNCc1cn(-c2ccc(Br)c3ccccc23)nn1. The summed E-state index contributed by atoms with van der Waals surface area (Å²) in [6, 6.07) is 12.4. The molecule has 0 unspecified atom stereocenters. The van der Waals surface area contributed by atoms with Gasteiger partial charge in [-0.15, -0.1) is 5.10 Å². The quantitative estimate of drug-likeness (QED) is 0.798. The van der Waals surface area contributed by atoms with Crippen LogP contribution in [0.15, 0.2) is 47.1 Å². The van der Waals surface area contributed by atoms with Gasteiger partial charge in [0.05, 0.1) is 17.6 Å². The molecule has 1 N–H and O–H groups in total. The van der Waals surface area contributed by atoms with Crippen LogP contribution in [0.5, 0.6) is 0 Å². The van der Waals surface area contributed by atoms with Crippen molar-refractivity contribution in [2.24, 2.45) is 0 Å². The minimum atomic E-state index is 0.741. The highest BCUT2D eigenvalue weighted by Gasteiger charge is 2.08. The molecular formula is C15H15BrN4. The third kappa shape index (κ3) is 2.46. The molecule has 2 aromatic carbocycles. The molecule has 0 radical (unpaired) electrons. The van der Waals surface area contributed by atoms with E-state index in [1.54, 1.807) is 0 Å². The summed E-state index contributed by atoms with van der Waals surface area (Å²) in [6.07, 6.45) is 1.97. The van der Waals surface area contributed by atoms with Crippen molar-refractivity contribution in [3.63, 3.8) is 0 Å². The molecule has 0 saturated carbocycles. The Morgan fingerprint density at radius 2 is 1.95 bits per heavy atom. The van der Waals surface area contributed by atoms with Gasteiger partial charge in [0, 0.05) is 16.4 Å². The van der Waals surface area contributed by atoms with Crippen LogP contribution >= 0.6 is 15.9 Å². The molecule has 0 saturated heterocycles. The van der Waals surface area contributed by atoms with Crippen molar-refractivity contribution in [1.82, 2.24) is 20.3 Å². The largest absolute Gasteiger partial charge is 0.311 e. The van der Waals surface area contributed by atoms with E-state index >= 15 is 0 Å². The summed E-state index contributed by atoms with van der Waals surface area (Å²) in [5.74, 6) is 0. The molecule has 1 aromatic heterocycles. The lowest BCUT2D eigenvalue weighted by molar-refractivity contribution is 0.705. The van der Waals surface area contributed by atoms with Gasteiger partial charge in [0.2, 0.25) is 0 Å². The Bertz CT molecular complexity index is 736. The third-order valence-electron chi connectivity index (χ3n) is 3.19. The minimum Gasteiger partial charge on any atom is -0.311 e. The lowest BCUT2D eigenvalue weighted by Gasteiger charge is -2.07. The van der Waals surface area contributed by atoms with Crippen LogP contribution in [0.25, 0.3) is 16.5 Å². The van der Waals surface area contributed by atoms with Crippen LogP contribution in [-0.2, 0) is 6.54 Å². The summed E-state index contributed by atoms with van der Waals surface area (Å²) < 4.78 is 2.92. The smallest absolute Gasteiger partial charge is 0.0969 e. The van der Waals surface area contributed by atoms with Crippen molar-refractivity contribution in [3.8, 4) is 5.69 Å². The van der Waals surface area contributed by atoms with Gasteiger partial charge in [-0.25, -0.2) is 4.68 Å². The first-order valence-electron chi connectivity index (χ1n) is 6.59. The molecule has 1 heterocycles. The van der Waals surface area contributed by atoms with E-state index in [-0.39, 0.29) is 0 Å². The van der Waals surface area contributed by atoms with Crippen LogP contribution in [0.2, 0.25) is 0 Å². The van der Waals surface area contributed by atoms with Gasteiger partial charge in [-0.05, 0) is 24.1 Å². The highest BCUT2D eigenvalue weighted by atomic mass is 79.9. The molecule has 0 aliphatic heterocycles. The van der Waals surface area contributed by atoms with Gasteiger partial charge < -0.3 is 5.32 Å². The summed E-state index contributed by atoms with van der Waals surface area (Å²) in [7, 11) is 0. The number of aromatic nitrogens is 3. The van der Waals surface area contributed by atoms with Crippen molar-refractivity contribution in [3.05, 3.63) is 52.8 Å². The normalized spacial score (nSPS) is 11.1. The average Bonchev–Trinajstić information content (AvgIpc) is 2.94. The molecule has 20 heavy (non-hydrogen) atoms. The number of benzene rings is 2. The van der Waals surface area contributed by atoms with Gasteiger partial charge in [-0.1, -0.05) is 52.3 Å². The Labute approximate surface area is 125 Å². The number of fused-ring (bicyclic) bond motifs is 1. The average molecular weight is 331 g/mol. The first-order valence-corrected chi connectivity index (χ1v) is 7.38. The van der Waals surface area contributed by atoms with Crippen LogP contribution in [-0.4, -0.2) is 21.5 Å². The number of halogens is 1. The van der Waals surface area contributed by atoms with E-state index in [0.717, 1.165) is 34.3 Å². The number of hydrogen-bond acceptors (Lipinski definition) is 3. The topological polar surface area (TPSA) is 42.7 Å². The molecule has 0 aliphatic carbocycles. The van der Waals surface area contributed by atoms with Crippen LogP contribution in [0.3, 0.4) is 0 Å². The lowest BCUT2D eigenvalue weighted by Crippen LogP contribution is -2.11. The summed E-state index contributed by atoms with van der Waals surface area (Å²) in [5, 5.41) is 14.0. The van der Waals surface area contributed by atoms with E-state index in [4.69, 9.17) is 0 Å². The molecule has 3 rings (SSSR count). The molecule has 5 heteroatoms. The number of nitrogens with one attached hydrogen (secondary N) is 1. The molecule has 102 valence electrons. The first-order chi connectivity index (χ1) is 9.79. The Hall–Kier alpha value is -1.72. The second-order valence-electron chi connectivity index (χ2n) is 4.55. The Morgan fingerprint density at radius 3 is 2.75 bits per heavy atom. The fourth-order valence-corrected chi connectivity index (χ4v) is 2.67. The van der Waals surface area contributed by atoms with Crippen molar-refractivity contribution < 1.29 is 0 Å². The van der Waals surface area contributed by atoms with E-state index in [9.17, 15) is 0 Å². The Morgan fingerprint density at radius 1 is 1.15 bits per heavy atom. The Balaban J connectivity index is 2.06. The predicted molar refractivity (Wildman–Crippen MR) is 83.9 cm³/mol. The highest BCUT2D eigenvalue weighted by Crippen LogP contribution is 2.28. The Kier molecular flexibility index (Phi) is 3.80. The van der Waals surface area contributed by atoms with Gasteiger partial charge in [-0.3, -0.25) is 0 Å². The van der Waals surface area contributed by atoms with Crippen LogP contribution in [0.4, 0.5) is 0 Å².